The number of nitrogens with one attached hydrogen (secondary N) is 1. The number of carboxylic acids is 1. The maximum atomic E-state index is 10.8. The van der Waals surface area contributed by atoms with Gasteiger partial charge in [-0.2, -0.15) is 5.10 Å². The van der Waals surface area contributed by atoms with Crippen LogP contribution in [0.15, 0.2) is 23.7 Å². The van der Waals surface area contributed by atoms with Crippen LogP contribution in [0.4, 0.5) is 0 Å². The molecule has 1 aliphatic carbocycles. The summed E-state index contributed by atoms with van der Waals surface area (Å²) in [6.07, 6.45) is 5.39. The number of hydrogen-bond donors (Lipinski definition) is 2. The Balaban J connectivity index is 1.60. The van der Waals surface area contributed by atoms with Crippen molar-refractivity contribution in [1.29, 1.82) is 0 Å². The molecule has 0 spiro atoms. The normalized spacial score (nSPS) is 21.3. The minimum atomic E-state index is -0.683. The third kappa shape index (κ3) is 3.56. The predicted octanol–water partition coefficient (Wildman–Crippen LogP) is 2.88. The number of aliphatic carboxylic acids is 1. The SMILES string of the molecule is Cn1cc(CN[C@@H]2CC[C@H](CC(=O)O)C2)c(-c2cccs2)n1. The van der Waals surface area contributed by atoms with Crippen molar-refractivity contribution in [3.05, 3.63) is 29.3 Å². The highest BCUT2D eigenvalue weighted by molar-refractivity contribution is 7.13. The van der Waals surface area contributed by atoms with E-state index in [1.165, 1.54) is 10.4 Å². The van der Waals surface area contributed by atoms with E-state index in [0.29, 0.717) is 18.4 Å². The molecule has 22 heavy (non-hydrogen) atoms. The van der Waals surface area contributed by atoms with Gasteiger partial charge in [0.2, 0.25) is 0 Å². The van der Waals surface area contributed by atoms with Gasteiger partial charge in [0.15, 0.2) is 0 Å². The molecule has 1 aliphatic rings. The second-order valence-corrected chi connectivity index (χ2v) is 6.96. The van der Waals surface area contributed by atoms with E-state index in [0.717, 1.165) is 31.5 Å². The fourth-order valence-electron chi connectivity index (χ4n) is 3.23. The average molecular weight is 319 g/mol. The molecular weight excluding hydrogens is 298 g/mol. The number of thiophene rings is 1. The van der Waals surface area contributed by atoms with Crippen molar-refractivity contribution in [2.24, 2.45) is 13.0 Å². The molecule has 6 heteroatoms. The van der Waals surface area contributed by atoms with E-state index in [9.17, 15) is 4.79 Å². The van der Waals surface area contributed by atoms with E-state index < -0.39 is 5.97 Å². The van der Waals surface area contributed by atoms with Gasteiger partial charge in [0.05, 0.1) is 4.88 Å². The molecule has 3 rings (SSSR count). The van der Waals surface area contributed by atoms with Crippen LogP contribution in [0.5, 0.6) is 0 Å². The van der Waals surface area contributed by atoms with E-state index in [1.54, 1.807) is 11.3 Å². The monoisotopic (exact) mass is 319 g/mol. The summed E-state index contributed by atoms with van der Waals surface area (Å²) in [4.78, 5) is 12.0. The van der Waals surface area contributed by atoms with Gasteiger partial charge in [0.1, 0.15) is 5.69 Å². The fraction of sp³-hybridized carbons (Fsp3) is 0.500. The molecule has 0 amide bonds. The van der Waals surface area contributed by atoms with Gasteiger partial charge in [0, 0.05) is 37.8 Å². The lowest BCUT2D eigenvalue weighted by Crippen LogP contribution is -2.26. The van der Waals surface area contributed by atoms with Crippen molar-refractivity contribution in [2.75, 3.05) is 0 Å². The number of nitrogens with zero attached hydrogens (tertiary/aromatic N) is 2. The lowest BCUT2D eigenvalue weighted by Gasteiger charge is -2.12. The predicted molar refractivity (Wildman–Crippen MR) is 86.7 cm³/mol. The van der Waals surface area contributed by atoms with Gasteiger partial charge < -0.3 is 10.4 Å². The first kappa shape index (κ1) is 15.2. The van der Waals surface area contributed by atoms with Crippen molar-refractivity contribution < 1.29 is 9.90 Å². The van der Waals surface area contributed by atoms with E-state index >= 15 is 0 Å². The molecule has 2 heterocycles. The van der Waals surface area contributed by atoms with Crippen LogP contribution in [0.1, 0.15) is 31.2 Å². The molecule has 0 saturated heterocycles. The van der Waals surface area contributed by atoms with Crippen molar-refractivity contribution in [2.45, 2.75) is 38.3 Å². The number of aromatic nitrogens is 2. The Morgan fingerprint density at radius 3 is 3.14 bits per heavy atom. The molecule has 1 fully saturated rings. The highest BCUT2D eigenvalue weighted by Gasteiger charge is 2.26. The first-order valence-electron chi connectivity index (χ1n) is 7.63. The highest BCUT2D eigenvalue weighted by atomic mass is 32.1. The summed E-state index contributed by atoms with van der Waals surface area (Å²) < 4.78 is 1.86. The summed E-state index contributed by atoms with van der Waals surface area (Å²) in [6.45, 7) is 0.783. The van der Waals surface area contributed by atoms with Crippen molar-refractivity contribution in [3.63, 3.8) is 0 Å². The van der Waals surface area contributed by atoms with Gasteiger partial charge in [-0.3, -0.25) is 9.48 Å². The Morgan fingerprint density at radius 2 is 2.41 bits per heavy atom. The van der Waals surface area contributed by atoms with Crippen LogP contribution >= 0.6 is 11.3 Å². The quantitative estimate of drug-likeness (QED) is 0.859. The minimum Gasteiger partial charge on any atom is -0.481 e. The van der Waals surface area contributed by atoms with E-state index in [-0.39, 0.29) is 0 Å². The van der Waals surface area contributed by atoms with Crippen LogP contribution in [0.2, 0.25) is 0 Å². The minimum absolute atomic E-state index is 0.297. The third-order valence-electron chi connectivity index (χ3n) is 4.24. The van der Waals surface area contributed by atoms with Gasteiger partial charge in [-0.15, -0.1) is 11.3 Å². The summed E-state index contributed by atoms with van der Waals surface area (Å²) in [5.74, 6) is -0.362. The van der Waals surface area contributed by atoms with Gasteiger partial charge in [-0.05, 0) is 36.6 Å². The van der Waals surface area contributed by atoms with Crippen LogP contribution in [-0.2, 0) is 18.4 Å². The van der Waals surface area contributed by atoms with Crippen molar-refractivity contribution >= 4 is 17.3 Å². The van der Waals surface area contributed by atoms with Gasteiger partial charge in [0.25, 0.3) is 0 Å². The Bertz CT molecular complexity index is 636. The Kier molecular flexibility index (Phi) is 4.59. The summed E-state index contributed by atoms with van der Waals surface area (Å²) in [5, 5.41) is 19.1. The molecule has 1 saturated carbocycles. The van der Waals surface area contributed by atoms with Crippen LogP contribution < -0.4 is 5.32 Å². The maximum absolute atomic E-state index is 10.8. The molecule has 2 aromatic rings. The van der Waals surface area contributed by atoms with E-state index in [2.05, 4.69) is 28.1 Å². The van der Waals surface area contributed by atoms with Crippen LogP contribution in [0.25, 0.3) is 10.6 Å². The van der Waals surface area contributed by atoms with Crippen LogP contribution in [0.3, 0.4) is 0 Å². The highest BCUT2D eigenvalue weighted by Crippen LogP contribution is 2.30. The zero-order chi connectivity index (χ0) is 15.5. The van der Waals surface area contributed by atoms with Gasteiger partial charge >= 0.3 is 5.97 Å². The van der Waals surface area contributed by atoms with Gasteiger partial charge in [-0.25, -0.2) is 0 Å². The first-order chi connectivity index (χ1) is 10.6. The topological polar surface area (TPSA) is 67.2 Å². The first-order valence-corrected chi connectivity index (χ1v) is 8.51. The number of carboxylic acid groups (broad SMARTS) is 1. The zero-order valence-electron chi connectivity index (χ0n) is 12.7. The van der Waals surface area contributed by atoms with Crippen LogP contribution in [-0.4, -0.2) is 26.9 Å². The Morgan fingerprint density at radius 1 is 1.55 bits per heavy atom. The molecular formula is C16H21N3O2S. The second kappa shape index (κ2) is 6.62. The molecule has 118 valence electrons. The number of carbonyl (C=O) groups is 1. The maximum Gasteiger partial charge on any atom is 0.303 e. The second-order valence-electron chi connectivity index (χ2n) is 6.01. The smallest absolute Gasteiger partial charge is 0.303 e. The van der Waals surface area contributed by atoms with E-state index in [4.69, 9.17) is 5.11 Å². The van der Waals surface area contributed by atoms with Gasteiger partial charge in [-0.1, -0.05) is 6.07 Å². The largest absolute Gasteiger partial charge is 0.481 e. The molecule has 2 N–H and O–H groups in total. The van der Waals surface area contributed by atoms with Crippen molar-refractivity contribution in [1.82, 2.24) is 15.1 Å². The standard InChI is InChI=1S/C16H21N3O2S/c1-19-10-12(16(18-19)14-3-2-6-22-14)9-17-13-5-4-11(7-13)8-15(20)21/h2-3,6,10-11,13,17H,4-5,7-9H2,1H3,(H,20,21)/t11-,13+/m0/s1. The summed E-state index contributed by atoms with van der Waals surface area (Å²) in [5.41, 5.74) is 2.25. The third-order valence-corrected chi connectivity index (χ3v) is 5.12. The van der Waals surface area contributed by atoms with Crippen molar-refractivity contribution in [3.8, 4) is 10.6 Å². The number of hydrogen-bond acceptors (Lipinski definition) is 4. The molecule has 0 aromatic carbocycles. The lowest BCUT2D eigenvalue weighted by atomic mass is 10.0. The molecule has 2 atom stereocenters. The fourth-order valence-corrected chi connectivity index (χ4v) is 3.98. The summed E-state index contributed by atoms with van der Waals surface area (Å²) in [7, 11) is 1.94. The molecule has 0 radical (unpaired) electrons. The number of rotatable bonds is 6. The summed E-state index contributed by atoms with van der Waals surface area (Å²) in [6, 6.07) is 4.55. The molecule has 2 aromatic heterocycles. The number of aryl methyl sites for hydroxylation is 1. The zero-order valence-corrected chi connectivity index (χ0v) is 13.5. The molecule has 0 bridgehead atoms. The Hall–Kier alpha value is -1.66. The Labute approximate surface area is 134 Å². The van der Waals surface area contributed by atoms with E-state index in [1.807, 2.05) is 17.8 Å². The molecule has 5 nitrogen and oxygen atoms in total. The lowest BCUT2D eigenvalue weighted by molar-refractivity contribution is -0.138. The molecule has 0 aliphatic heterocycles. The van der Waals surface area contributed by atoms with Crippen LogP contribution in [0, 0.1) is 5.92 Å². The summed E-state index contributed by atoms with van der Waals surface area (Å²) >= 11 is 1.70. The average Bonchev–Trinajstić information content (AvgIpc) is 3.16. The molecule has 0 unspecified atom stereocenters.